The van der Waals surface area contributed by atoms with Gasteiger partial charge in [-0.25, -0.2) is 0 Å². The van der Waals surface area contributed by atoms with Crippen LogP contribution in [0.2, 0.25) is 0 Å². The lowest BCUT2D eigenvalue weighted by molar-refractivity contribution is -0.0566. The molecule has 20 heavy (non-hydrogen) atoms. The minimum absolute atomic E-state index is 0.516. The highest BCUT2D eigenvalue weighted by atomic mass is 32.1. The number of nitrogens with two attached hydrogens (primary N) is 1. The minimum atomic E-state index is 0.516. The molecule has 0 aromatic heterocycles. The van der Waals surface area contributed by atoms with E-state index in [9.17, 15) is 0 Å². The number of hydrogen-bond acceptors (Lipinski definition) is 2. The Hall–Kier alpha value is -0.180. The summed E-state index contributed by atoms with van der Waals surface area (Å²) < 4.78 is 0. The summed E-state index contributed by atoms with van der Waals surface area (Å²) in [7, 11) is 0. The number of hydrogen-bond donors (Lipinski definition) is 2. The number of rotatable bonds is 4. The molecule has 0 bridgehead atoms. The van der Waals surface area contributed by atoms with Crippen molar-refractivity contribution >= 4 is 18.5 Å². The zero-order valence-electron chi connectivity index (χ0n) is 12.6. The number of fused-ring (bicyclic) bond motifs is 4. The van der Waals surface area contributed by atoms with E-state index in [1.807, 2.05) is 0 Å². The van der Waals surface area contributed by atoms with Gasteiger partial charge in [0.15, 0.2) is 0 Å². The summed E-state index contributed by atoms with van der Waals surface area (Å²) in [6.45, 7) is 0. The zero-order chi connectivity index (χ0) is 13.9. The molecule has 0 aromatic rings. The lowest BCUT2D eigenvalue weighted by atomic mass is 9.50. The molecule has 3 rings (SSSR count). The van der Waals surface area contributed by atoms with E-state index in [4.69, 9.17) is 10.7 Å². The molecule has 3 aliphatic rings. The standard InChI is InChI=1S/C17H30N2S/c18-17(6-3-11-20)19-12-7-9-15-13-4-1-2-5-14(13)16(15)10-8-12/h12-16,20H,1-11H2,(H2,18,19). The summed E-state index contributed by atoms with van der Waals surface area (Å²) >= 11 is 4.25. The fourth-order valence-electron chi connectivity index (χ4n) is 5.20. The van der Waals surface area contributed by atoms with E-state index < -0.39 is 0 Å². The normalized spacial score (nSPS) is 41.2. The Bertz CT molecular complexity index is 333. The Balaban J connectivity index is 1.55. The first-order valence-corrected chi connectivity index (χ1v) is 9.36. The zero-order valence-corrected chi connectivity index (χ0v) is 13.5. The molecule has 2 nitrogen and oxygen atoms in total. The monoisotopic (exact) mass is 294 g/mol. The van der Waals surface area contributed by atoms with Gasteiger partial charge in [-0.2, -0.15) is 12.6 Å². The van der Waals surface area contributed by atoms with E-state index in [-0.39, 0.29) is 0 Å². The van der Waals surface area contributed by atoms with Gasteiger partial charge >= 0.3 is 0 Å². The maximum Gasteiger partial charge on any atom is 0.0940 e. The van der Waals surface area contributed by atoms with Crippen LogP contribution in [0.25, 0.3) is 0 Å². The fourth-order valence-corrected chi connectivity index (χ4v) is 5.36. The summed E-state index contributed by atoms with van der Waals surface area (Å²) in [6.07, 6.45) is 13.4. The van der Waals surface area contributed by atoms with E-state index in [0.29, 0.717) is 6.04 Å². The maximum atomic E-state index is 6.06. The Labute approximate surface area is 129 Å². The SMILES string of the molecule is NC(CCCS)=NC1CCC2C3CCCCC3C2CC1. The molecule has 3 heteroatoms. The first-order valence-electron chi connectivity index (χ1n) is 8.72. The van der Waals surface area contributed by atoms with Gasteiger partial charge < -0.3 is 5.73 Å². The molecule has 0 aromatic carbocycles. The summed E-state index contributed by atoms with van der Waals surface area (Å²) in [4.78, 5) is 4.81. The number of amidine groups is 1. The van der Waals surface area contributed by atoms with E-state index in [0.717, 1.165) is 48.1 Å². The van der Waals surface area contributed by atoms with Crippen LogP contribution < -0.4 is 5.73 Å². The van der Waals surface area contributed by atoms with Crippen molar-refractivity contribution in [3.63, 3.8) is 0 Å². The average molecular weight is 295 g/mol. The van der Waals surface area contributed by atoms with Crippen LogP contribution in [0.15, 0.2) is 4.99 Å². The van der Waals surface area contributed by atoms with E-state index in [1.54, 1.807) is 0 Å². The quantitative estimate of drug-likeness (QED) is 0.458. The van der Waals surface area contributed by atoms with Gasteiger partial charge in [-0.15, -0.1) is 0 Å². The van der Waals surface area contributed by atoms with Crippen LogP contribution >= 0.6 is 12.6 Å². The van der Waals surface area contributed by atoms with Gasteiger partial charge in [-0.3, -0.25) is 4.99 Å². The molecule has 3 fully saturated rings. The van der Waals surface area contributed by atoms with Crippen LogP contribution in [0, 0.1) is 23.7 Å². The van der Waals surface area contributed by atoms with Crippen LogP contribution in [0.4, 0.5) is 0 Å². The molecule has 4 atom stereocenters. The van der Waals surface area contributed by atoms with Crippen molar-refractivity contribution in [2.24, 2.45) is 34.4 Å². The van der Waals surface area contributed by atoms with Crippen LogP contribution in [0.1, 0.15) is 64.2 Å². The van der Waals surface area contributed by atoms with Crippen molar-refractivity contribution in [3.05, 3.63) is 0 Å². The summed E-state index contributed by atoms with van der Waals surface area (Å²) in [6, 6.07) is 0.516. The first-order chi connectivity index (χ1) is 9.79. The fraction of sp³-hybridized carbons (Fsp3) is 0.941. The van der Waals surface area contributed by atoms with Gasteiger partial charge in [-0.05, 0) is 74.4 Å². The molecule has 0 aliphatic heterocycles. The minimum Gasteiger partial charge on any atom is -0.387 e. The third kappa shape index (κ3) is 3.03. The van der Waals surface area contributed by atoms with Gasteiger partial charge in [-0.1, -0.05) is 12.8 Å². The summed E-state index contributed by atoms with van der Waals surface area (Å²) in [5.41, 5.74) is 6.06. The van der Waals surface area contributed by atoms with Crippen molar-refractivity contribution in [1.29, 1.82) is 0 Å². The van der Waals surface area contributed by atoms with E-state index >= 15 is 0 Å². The number of nitrogens with zero attached hydrogens (tertiary/aromatic N) is 1. The predicted octanol–water partition coefficient (Wildman–Crippen LogP) is 4.05. The molecule has 0 spiro atoms. The van der Waals surface area contributed by atoms with Crippen molar-refractivity contribution in [1.82, 2.24) is 0 Å². The molecule has 3 aliphatic carbocycles. The topological polar surface area (TPSA) is 38.4 Å². The average Bonchev–Trinajstić information content (AvgIpc) is 2.62. The molecular weight excluding hydrogens is 264 g/mol. The van der Waals surface area contributed by atoms with E-state index in [1.165, 1.54) is 51.4 Å². The number of thiol groups is 1. The van der Waals surface area contributed by atoms with Crippen molar-refractivity contribution in [2.45, 2.75) is 70.3 Å². The molecule has 4 unspecified atom stereocenters. The summed E-state index contributed by atoms with van der Waals surface area (Å²) in [5.74, 6) is 6.03. The van der Waals surface area contributed by atoms with Crippen LogP contribution in [0.3, 0.4) is 0 Å². The molecule has 0 saturated heterocycles. The molecule has 0 radical (unpaired) electrons. The molecule has 2 N–H and O–H groups in total. The van der Waals surface area contributed by atoms with Crippen LogP contribution in [-0.4, -0.2) is 17.6 Å². The van der Waals surface area contributed by atoms with Gasteiger partial charge in [0.25, 0.3) is 0 Å². The lowest BCUT2D eigenvalue weighted by Gasteiger charge is -2.55. The largest absolute Gasteiger partial charge is 0.387 e. The highest BCUT2D eigenvalue weighted by Crippen LogP contribution is 2.58. The highest BCUT2D eigenvalue weighted by molar-refractivity contribution is 7.80. The van der Waals surface area contributed by atoms with Crippen molar-refractivity contribution < 1.29 is 0 Å². The molecule has 3 saturated carbocycles. The highest BCUT2D eigenvalue weighted by Gasteiger charge is 2.50. The van der Waals surface area contributed by atoms with Crippen LogP contribution in [0.5, 0.6) is 0 Å². The van der Waals surface area contributed by atoms with Gasteiger partial charge in [0.05, 0.1) is 11.9 Å². The smallest absolute Gasteiger partial charge is 0.0940 e. The molecule has 0 amide bonds. The third-order valence-electron chi connectivity index (χ3n) is 6.13. The Kier molecular flexibility index (Phi) is 4.95. The van der Waals surface area contributed by atoms with Crippen LogP contribution in [-0.2, 0) is 0 Å². The van der Waals surface area contributed by atoms with E-state index in [2.05, 4.69) is 12.6 Å². The summed E-state index contributed by atoms with van der Waals surface area (Å²) in [5, 5.41) is 0. The second-order valence-electron chi connectivity index (χ2n) is 7.20. The first kappa shape index (κ1) is 14.7. The molecule has 0 heterocycles. The predicted molar refractivity (Wildman–Crippen MR) is 89.4 cm³/mol. The molecular formula is C17H30N2S. The van der Waals surface area contributed by atoms with Crippen molar-refractivity contribution in [2.75, 3.05) is 5.75 Å². The van der Waals surface area contributed by atoms with Gasteiger partial charge in [0.1, 0.15) is 0 Å². The number of aliphatic imine (C=N–C) groups is 1. The second kappa shape index (κ2) is 6.72. The lowest BCUT2D eigenvalue weighted by Crippen LogP contribution is -2.47. The maximum absolute atomic E-state index is 6.06. The Morgan fingerprint density at radius 3 is 2.00 bits per heavy atom. The van der Waals surface area contributed by atoms with Crippen molar-refractivity contribution in [3.8, 4) is 0 Å². The second-order valence-corrected chi connectivity index (χ2v) is 7.64. The molecule has 114 valence electrons. The third-order valence-corrected chi connectivity index (χ3v) is 6.45. The Morgan fingerprint density at radius 2 is 1.45 bits per heavy atom. The van der Waals surface area contributed by atoms with Gasteiger partial charge in [0, 0.05) is 6.42 Å². The van der Waals surface area contributed by atoms with Gasteiger partial charge in [0.2, 0.25) is 0 Å². The Morgan fingerprint density at radius 1 is 0.900 bits per heavy atom.